The summed E-state index contributed by atoms with van der Waals surface area (Å²) < 4.78 is 15.7. The van der Waals surface area contributed by atoms with Crippen molar-refractivity contribution in [3.8, 4) is 0 Å². The number of hydrogen-bond donors (Lipinski definition) is 1. The normalized spacial score (nSPS) is 45.6. The zero-order valence-corrected chi connectivity index (χ0v) is 18.5. The van der Waals surface area contributed by atoms with E-state index in [2.05, 4.69) is 0 Å². The third-order valence-electron chi connectivity index (χ3n) is 9.21. The van der Waals surface area contributed by atoms with E-state index in [0.717, 1.165) is 0 Å². The van der Waals surface area contributed by atoms with Crippen LogP contribution in [0.15, 0.2) is 11.6 Å². The van der Waals surface area contributed by atoms with E-state index in [4.69, 9.17) is 14.2 Å². The molecule has 0 amide bonds. The summed E-state index contributed by atoms with van der Waals surface area (Å²) in [6.45, 7) is 2.22. The van der Waals surface area contributed by atoms with Crippen LogP contribution in [0.25, 0.3) is 0 Å². The Morgan fingerprint density at radius 1 is 1.16 bits per heavy atom. The minimum Gasteiger partial charge on any atom is -0.469 e. The average Bonchev–Trinajstić information content (AvgIpc) is 3.44. The van der Waals surface area contributed by atoms with Crippen LogP contribution in [0.5, 0.6) is 0 Å². The van der Waals surface area contributed by atoms with Gasteiger partial charge in [0, 0.05) is 29.7 Å². The fraction of sp³-hybridized carbons (Fsp3) is 0.750. The Kier molecular flexibility index (Phi) is 5.00. The summed E-state index contributed by atoms with van der Waals surface area (Å²) in [5, 5.41) is 12.1. The molecule has 32 heavy (non-hydrogen) atoms. The van der Waals surface area contributed by atoms with E-state index in [1.54, 1.807) is 6.08 Å². The third kappa shape index (κ3) is 2.84. The fourth-order valence-electron chi connectivity index (χ4n) is 7.71. The molecule has 3 aliphatic carbocycles. The minimum absolute atomic E-state index is 0.0761. The van der Waals surface area contributed by atoms with E-state index < -0.39 is 40.8 Å². The number of ether oxygens (including phenoxy) is 3. The molecule has 8 nitrogen and oxygen atoms in total. The van der Waals surface area contributed by atoms with Crippen LogP contribution in [0.4, 0.5) is 0 Å². The molecule has 0 aromatic rings. The summed E-state index contributed by atoms with van der Waals surface area (Å²) in [7, 11) is 1.33. The second kappa shape index (κ2) is 7.40. The van der Waals surface area contributed by atoms with E-state index in [1.165, 1.54) is 7.11 Å². The molecule has 0 bridgehead atoms. The van der Waals surface area contributed by atoms with Gasteiger partial charge in [0.25, 0.3) is 0 Å². The molecule has 8 heteroatoms. The van der Waals surface area contributed by atoms with E-state index in [-0.39, 0.29) is 49.0 Å². The quantitative estimate of drug-likeness (QED) is 0.515. The molecule has 3 saturated carbocycles. The van der Waals surface area contributed by atoms with Crippen LogP contribution in [-0.4, -0.2) is 54.2 Å². The molecule has 5 rings (SSSR count). The summed E-state index contributed by atoms with van der Waals surface area (Å²) in [6.07, 6.45) is 4.29. The van der Waals surface area contributed by atoms with Crippen LogP contribution in [-0.2, 0) is 33.4 Å². The molecular weight excluding hydrogens is 416 g/mol. The Labute approximate surface area is 186 Å². The van der Waals surface area contributed by atoms with Crippen molar-refractivity contribution in [1.29, 1.82) is 0 Å². The van der Waals surface area contributed by atoms with Crippen molar-refractivity contribution in [2.75, 3.05) is 13.7 Å². The Bertz CT molecular complexity index is 908. The van der Waals surface area contributed by atoms with Gasteiger partial charge in [-0.25, -0.2) is 4.79 Å². The van der Waals surface area contributed by atoms with Gasteiger partial charge in [0.05, 0.1) is 24.5 Å². The molecule has 2 heterocycles. The first-order valence-corrected chi connectivity index (χ1v) is 11.6. The molecule has 5 aliphatic rings. The van der Waals surface area contributed by atoms with E-state index >= 15 is 0 Å². The highest BCUT2D eigenvalue weighted by molar-refractivity contribution is 5.92. The summed E-state index contributed by atoms with van der Waals surface area (Å²) in [6, 6.07) is 0. The summed E-state index contributed by atoms with van der Waals surface area (Å²) in [4.78, 5) is 50.5. The second-order valence-electron chi connectivity index (χ2n) is 10.3. The molecular formula is C24H30O8. The van der Waals surface area contributed by atoms with Crippen LogP contribution in [0, 0.1) is 35.0 Å². The number of methoxy groups -OCH3 is 1. The van der Waals surface area contributed by atoms with Crippen LogP contribution in [0.1, 0.15) is 51.9 Å². The van der Waals surface area contributed by atoms with Gasteiger partial charge in [-0.3, -0.25) is 14.4 Å². The van der Waals surface area contributed by atoms with Gasteiger partial charge in [-0.2, -0.15) is 0 Å². The first kappa shape index (κ1) is 21.6. The standard InChI is InChI=1S/C24H30O8/c1-23-8-5-13-19(22(28)30-2)14(17-3-4-18(26)32-17)11-16(25)20(13)24(23,29)9-6-15(23)12-7-10-31-21(12)27/h7,13-15,17,19-20,29H,3-6,8-11H2,1-2H3/t13-,14-,15-,17+,19+,20-,23-,24+/m1/s1. The highest BCUT2D eigenvalue weighted by Gasteiger charge is 2.69. The Morgan fingerprint density at radius 2 is 1.94 bits per heavy atom. The Morgan fingerprint density at radius 3 is 2.56 bits per heavy atom. The van der Waals surface area contributed by atoms with Gasteiger partial charge in [-0.05, 0) is 50.0 Å². The first-order chi connectivity index (χ1) is 15.2. The average molecular weight is 446 g/mol. The van der Waals surface area contributed by atoms with Gasteiger partial charge >= 0.3 is 17.9 Å². The van der Waals surface area contributed by atoms with Gasteiger partial charge in [0.1, 0.15) is 18.5 Å². The lowest BCUT2D eigenvalue weighted by Crippen LogP contribution is -2.64. The third-order valence-corrected chi connectivity index (χ3v) is 9.21. The Balaban J connectivity index is 1.50. The number of rotatable bonds is 3. The molecule has 1 saturated heterocycles. The molecule has 2 aliphatic heterocycles. The molecule has 0 spiro atoms. The monoisotopic (exact) mass is 446 g/mol. The maximum absolute atomic E-state index is 13.6. The van der Waals surface area contributed by atoms with Gasteiger partial charge in [0.15, 0.2) is 0 Å². The van der Waals surface area contributed by atoms with Crippen LogP contribution >= 0.6 is 0 Å². The highest BCUT2D eigenvalue weighted by atomic mass is 16.6. The molecule has 0 radical (unpaired) electrons. The largest absolute Gasteiger partial charge is 0.469 e. The van der Waals surface area contributed by atoms with Crippen LogP contribution in [0.2, 0.25) is 0 Å². The molecule has 0 aromatic heterocycles. The topological polar surface area (TPSA) is 116 Å². The van der Waals surface area contributed by atoms with Crippen molar-refractivity contribution in [3.63, 3.8) is 0 Å². The van der Waals surface area contributed by atoms with Crippen molar-refractivity contribution < 1.29 is 38.5 Å². The van der Waals surface area contributed by atoms with Gasteiger partial charge in [-0.1, -0.05) is 6.92 Å². The summed E-state index contributed by atoms with van der Waals surface area (Å²) in [5.74, 6) is -3.45. The molecule has 0 aromatic carbocycles. The van der Waals surface area contributed by atoms with Crippen LogP contribution in [0.3, 0.4) is 0 Å². The summed E-state index contributed by atoms with van der Waals surface area (Å²) in [5.41, 5.74) is -1.37. The number of hydrogen-bond acceptors (Lipinski definition) is 8. The molecule has 0 unspecified atom stereocenters. The number of esters is 3. The zero-order chi connectivity index (χ0) is 22.8. The minimum atomic E-state index is -1.31. The lowest BCUT2D eigenvalue weighted by Gasteiger charge is -2.57. The maximum atomic E-state index is 13.6. The smallest absolute Gasteiger partial charge is 0.334 e. The molecule has 1 N–H and O–H groups in total. The highest BCUT2D eigenvalue weighted by Crippen LogP contribution is 2.66. The molecule has 4 fully saturated rings. The van der Waals surface area contributed by atoms with E-state index in [1.807, 2.05) is 6.92 Å². The van der Waals surface area contributed by atoms with Crippen molar-refractivity contribution in [2.45, 2.75) is 63.6 Å². The lowest BCUT2D eigenvalue weighted by atomic mass is 9.48. The van der Waals surface area contributed by atoms with Gasteiger partial charge in [0.2, 0.25) is 0 Å². The number of cyclic esters (lactones) is 2. The predicted molar refractivity (Wildman–Crippen MR) is 109 cm³/mol. The van der Waals surface area contributed by atoms with Gasteiger partial charge in [-0.15, -0.1) is 0 Å². The van der Waals surface area contributed by atoms with E-state index in [9.17, 15) is 24.3 Å². The first-order valence-electron chi connectivity index (χ1n) is 11.6. The zero-order valence-electron chi connectivity index (χ0n) is 18.5. The number of carbonyl (C=O) groups is 4. The summed E-state index contributed by atoms with van der Waals surface area (Å²) >= 11 is 0. The van der Waals surface area contributed by atoms with Crippen molar-refractivity contribution in [3.05, 3.63) is 11.6 Å². The fourth-order valence-corrected chi connectivity index (χ4v) is 7.71. The van der Waals surface area contributed by atoms with Gasteiger partial charge < -0.3 is 19.3 Å². The maximum Gasteiger partial charge on any atom is 0.334 e. The second-order valence-corrected chi connectivity index (χ2v) is 10.3. The predicted octanol–water partition coefficient (Wildman–Crippen LogP) is 1.73. The number of aliphatic hydroxyl groups is 1. The van der Waals surface area contributed by atoms with Crippen molar-refractivity contribution >= 4 is 23.7 Å². The van der Waals surface area contributed by atoms with Crippen molar-refractivity contribution in [1.82, 2.24) is 0 Å². The Hall–Kier alpha value is -2.22. The number of ketones is 1. The SMILES string of the molecule is COC(=O)[C@H]1[C@H]2CC[C@]3(C)[C@@H](C4=CCOC4=O)CC[C@]3(O)[C@H]2C(=O)C[C@@H]1[C@@H]1CCC(=O)O1. The lowest BCUT2D eigenvalue weighted by molar-refractivity contribution is -0.197. The number of Topliss-reactive ketones (excluding diaryl/α,β-unsaturated/α-hetero) is 1. The number of carbonyl (C=O) groups excluding carboxylic acids is 4. The van der Waals surface area contributed by atoms with E-state index in [0.29, 0.717) is 37.7 Å². The number of fused-ring (bicyclic) bond motifs is 3. The molecule has 174 valence electrons. The van der Waals surface area contributed by atoms with Crippen LogP contribution < -0.4 is 0 Å². The molecule has 8 atom stereocenters. The van der Waals surface area contributed by atoms with Crippen molar-refractivity contribution in [2.24, 2.45) is 35.0 Å².